The van der Waals surface area contributed by atoms with Crippen molar-refractivity contribution in [2.75, 3.05) is 13.2 Å². The van der Waals surface area contributed by atoms with Crippen molar-refractivity contribution in [3.8, 4) is 0 Å². The standard InChI is InChI=1S/C11H13NO3/c13-7-10-2-1-4-12(11(10)14)6-9-3-5-15-8-9/h1-2,4,7,9H,3,5-6,8H2/t9-/m0/s1. The van der Waals surface area contributed by atoms with Crippen molar-refractivity contribution in [3.05, 3.63) is 34.2 Å². The molecule has 80 valence electrons. The molecule has 0 saturated carbocycles. The summed E-state index contributed by atoms with van der Waals surface area (Å²) in [6, 6.07) is 3.26. The van der Waals surface area contributed by atoms with E-state index in [-0.39, 0.29) is 11.1 Å². The van der Waals surface area contributed by atoms with Crippen molar-refractivity contribution in [2.24, 2.45) is 5.92 Å². The highest BCUT2D eigenvalue weighted by Gasteiger charge is 2.16. The zero-order chi connectivity index (χ0) is 10.7. The minimum absolute atomic E-state index is 0.209. The van der Waals surface area contributed by atoms with Crippen LogP contribution in [0.1, 0.15) is 16.8 Å². The Morgan fingerprint density at radius 2 is 2.47 bits per heavy atom. The van der Waals surface area contributed by atoms with Crippen molar-refractivity contribution in [3.63, 3.8) is 0 Å². The van der Waals surface area contributed by atoms with E-state index in [1.54, 1.807) is 16.8 Å². The van der Waals surface area contributed by atoms with Crippen LogP contribution in [-0.4, -0.2) is 24.1 Å². The number of ether oxygens (including phenoxy) is 1. The topological polar surface area (TPSA) is 48.3 Å². The molecule has 1 saturated heterocycles. The van der Waals surface area contributed by atoms with Crippen LogP contribution in [0, 0.1) is 5.92 Å². The predicted octanol–water partition coefficient (Wildman–Crippen LogP) is 0.697. The van der Waals surface area contributed by atoms with Gasteiger partial charge in [0.15, 0.2) is 6.29 Å². The zero-order valence-corrected chi connectivity index (χ0v) is 8.39. The summed E-state index contributed by atoms with van der Waals surface area (Å²) in [6.07, 6.45) is 3.30. The average molecular weight is 207 g/mol. The van der Waals surface area contributed by atoms with E-state index in [1.807, 2.05) is 0 Å². The van der Waals surface area contributed by atoms with Gasteiger partial charge in [-0.15, -0.1) is 0 Å². The molecule has 0 amide bonds. The number of aromatic nitrogens is 1. The van der Waals surface area contributed by atoms with Crippen LogP contribution in [-0.2, 0) is 11.3 Å². The van der Waals surface area contributed by atoms with Gasteiger partial charge in [-0.2, -0.15) is 0 Å². The predicted molar refractivity (Wildman–Crippen MR) is 55.0 cm³/mol. The molecule has 1 atom stereocenters. The molecule has 0 radical (unpaired) electrons. The van der Waals surface area contributed by atoms with E-state index in [0.717, 1.165) is 13.0 Å². The van der Waals surface area contributed by atoms with Crippen LogP contribution in [0.15, 0.2) is 23.1 Å². The summed E-state index contributed by atoms with van der Waals surface area (Å²) in [5.74, 6) is 0.393. The second-order valence-electron chi connectivity index (χ2n) is 3.77. The Kier molecular flexibility index (Phi) is 2.97. The van der Waals surface area contributed by atoms with Gasteiger partial charge in [0.05, 0.1) is 12.2 Å². The summed E-state index contributed by atoms with van der Waals surface area (Å²) in [4.78, 5) is 22.3. The highest BCUT2D eigenvalue weighted by atomic mass is 16.5. The molecule has 1 aliphatic rings. The number of hydrogen-bond acceptors (Lipinski definition) is 3. The molecular weight excluding hydrogens is 194 g/mol. The third-order valence-corrected chi connectivity index (χ3v) is 2.66. The first-order valence-corrected chi connectivity index (χ1v) is 5.03. The second kappa shape index (κ2) is 4.40. The van der Waals surface area contributed by atoms with E-state index in [4.69, 9.17) is 4.74 Å². The SMILES string of the molecule is O=Cc1cccn(C[C@@H]2CCOC2)c1=O. The van der Waals surface area contributed by atoms with Gasteiger partial charge in [0.1, 0.15) is 0 Å². The molecule has 0 N–H and O–H groups in total. The highest BCUT2D eigenvalue weighted by molar-refractivity contribution is 5.73. The van der Waals surface area contributed by atoms with E-state index < -0.39 is 0 Å². The number of rotatable bonds is 3. The van der Waals surface area contributed by atoms with Gasteiger partial charge in [0, 0.05) is 25.3 Å². The average Bonchev–Trinajstić information content (AvgIpc) is 2.74. The van der Waals surface area contributed by atoms with Gasteiger partial charge in [0.2, 0.25) is 0 Å². The molecule has 1 aromatic rings. The first-order valence-electron chi connectivity index (χ1n) is 5.03. The van der Waals surface area contributed by atoms with Crippen LogP contribution in [0.5, 0.6) is 0 Å². The summed E-state index contributed by atoms with van der Waals surface area (Å²) in [5.41, 5.74) is 0.0100. The van der Waals surface area contributed by atoms with Gasteiger partial charge >= 0.3 is 0 Å². The highest BCUT2D eigenvalue weighted by Crippen LogP contribution is 2.13. The smallest absolute Gasteiger partial charge is 0.261 e. The van der Waals surface area contributed by atoms with Crippen LogP contribution >= 0.6 is 0 Å². The fourth-order valence-electron chi connectivity index (χ4n) is 1.79. The molecule has 2 heterocycles. The Morgan fingerprint density at radius 3 is 3.13 bits per heavy atom. The minimum Gasteiger partial charge on any atom is -0.381 e. The number of carbonyl (C=O) groups is 1. The molecule has 0 spiro atoms. The van der Waals surface area contributed by atoms with Gasteiger partial charge in [0.25, 0.3) is 5.56 Å². The second-order valence-corrected chi connectivity index (χ2v) is 3.77. The number of pyridine rings is 1. The Labute approximate surface area is 87.5 Å². The largest absolute Gasteiger partial charge is 0.381 e. The minimum atomic E-state index is -0.209. The van der Waals surface area contributed by atoms with Gasteiger partial charge in [-0.25, -0.2) is 0 Å². The number of hydrogen-bond donors (Lipinski definition) is 0. The lowest BCUT2D eigenvalue weighted by atomic mass is 10.1. The number of carbonyl (C=O) groups excluding carboxylic acids is 1. The van der Waals surface area contributed by atoms with E-state index in [9.17, 15) is 9.59 Å². The Balaban J connectivity index is 2.20. The maximum atomic E-state index is 11.7. The lowest BCUT2D eigenvalue weighted by Gasteiger charge is -2.10. The molecule has 0 aromatic carbocycles. The molecule has 0 bridgehead atoms. The van der Waals surface area contributed by atoms with Crippen LogP contribution < -0.4 is 5.56 Å². The Morgan fingerprint density at radius 1 is 1.60 bits per heavy atom. The van der Waals surface area contributed by atoms with Crippen LogP contribution in [0.4, 0.5) is 0 Å². The molecule has 15 heavy (non-hydrogen) atoms. The molecule has 0 aliphatic carbocycles. The van der Waals surface area contributed by atoms with E-state index in [1.165, 1.54) is 6.07 Å². The molecule has 1 fully saturated rings. The van der Waals surface area contributed by atoms with Crippen LogP contribution in [0.2, 0.25) is 0 Å². The Bertz CT molecular complexity index is 405. The maximum absolute atomic E-state index is 11.7. The van der Waals surface area contributed by atoms with Gasteiger partial charge in [-0.05, 0) is 18.6 Å². The van der Waals surface area contributed by atoms with E-state index in [0.29, 0.717) is 25.4 Å². The summed E-state index contributed by atoms with van der Waals surface area (Å²) >= 11 is 0. The normalized spacial score (nSPS) is 20.4. The zero-order valence-electron chi connectivity index (χ0n) is 8.39. The first-order chi connectivity index (χ1) is 7.31. The maximum Gasteiger partial charge on any atom is 0.261 e. The molecule has 0 unspecified atom stereocenters. The van der Waals surface area contributed by atoms with E-state index >= 15 is 0 Å². The first kappa shape index (κ1) is 10.1. The van der Waals surface area contributed by atoms with Crippen LogP contribution in [0.3, 0.4) is 0 Å². The molecule has 1 aromatic heterocycles. The summed E-state index contributed by atoms with van der Waals surface area (Å²) in [5, 5.41) is 0. The van der Waals surface area contributed by atoms with Crippen molar-refractivity contribution >= 4 is 6.29 Å². The lowest BCUT2D eigenvalue weighted by Crippen LogP contribution is -2.26. The van der Waals surface area contributed by atoms with Gasteiger partial charge < -0.3 is 9.30 Å². The number of nitrogens with zero attached hydrogens (tertiary/aromatic N) is 1. The summed E-state index contributed by atoms with van der Waals surface area (Å²) in [7, 11) is 0. The monoisotopic (exact) mass is 207 g/mol. The van der Waals surface area contributed by atoms with Gasteiger partial charge in [-0.3, -0.25) is 9.59 Å². The molecular formula is C11H13NO3. The third-order valence-electron chi connectivity index (χ3n) is 2.66. The van der Waals surface area contributed by atoms with Gasteiger partial charge in [-0.1, -0.05) is 0 Å². The molecule has 2 rings (SSSR count). The third kappa shape index (κ3) is 2.15. The fraction of sp³-hybridized carbons (Fsp3) is 0.455. The summed E-state index contributed by atoms with van der Waals surface area (Å²) < 4.78 is 6.83. The van der Waals surface area contributed by atoms with E-state index in [2.05, 4.69) is 0 Å². The quantitative estimate of drug-likeness (QED) is 0.685. The molecule has 4 heteroatoms. The summed E-state index contributed by atoms with van der Waals surface area (Å²) in [6.45, 7) is 2.12. The fourth-order valence-corrected chi connectivity index (χ4v) is 1.79. The van der Waals surface area contributed by atoms with Crippen molar-refractivity contribution in [1.29, 1.82) is 0 Å². The molecule has 4 nitrogen and oxygen atoms in total. The lowest BCUT2D eigenvalue weighted by molar-refractivity contribution is 0.112. The van der Waals surface area contributed by atoms with Crippen molar-refractivity contribution in [2.45, 2.75) is 13.0 Å². The molecule has 1 aliphatic heterocycles. The van der Waals surface area contributed by atoms with Crippen molar-refractivity contribution in [1.82, 2.24) is 4.57 Å². The number of aldehydes is 1. The van der Waals surface area contributed by atoms with Crippen LogP contribution in [0.25, 0.3) is 0 Å². The van der Waals surface area contributed by atoms with Crippen molar-refractivity contribution < 1.29 is 9.53 Å². The Hall–Kier alpha value is -1.42.